The van der Waals surface area contributed by atoms with E-state index in [0.29, 0.717) is 34.9 Å². The summed E-state index contributed by atoms with van der Waals surface area (Å²) < 4.78 is 5.38. The van der Waals surface area contributed by atoms with Gasteiger partial charge < -0.3 is 25.3 Å². The smallest absolute Gasteiger partial charge is 0.228 e. The van der Waals surface area contributed by atoms with E-state index in [4.69, 9.17) is 14.7 Å². The number of carbonyl (C=O) groups is 1. The third-order valence-corrected chi connectivity index (χ3v) is 5.73. The Labute approximate surface area is 181 Å². The van der Waals surface area contributed by atoms with E-state index in [9.17, 15) is 4.79 Å². The molecule has 5 rings (SSSR count). The van der Waals surface area contributed by atoms with Crippen LogP contribution in [0.25, 0.3) is 22.4 Å². The van der Waals surface area contributed by atoms with Crippen molar-refractivity contribution in [3.63, 3.8) is 0 Å². The van der Waals surface area contributed by atoms with Gasteiger partial charge in [-0.25, -0.2) is 9.97 Å². The second-order valence-corrected chi connectivity index (χ2v) is 7.65. The van der Waals surface area contributed by atoms with Gasteiger partial charge in [-0.15, -0.1) is 0 Å². The second kappa shape index (κ2) is 8.89. The number of benzene rings is 1. The molecule has 2 aliphatic rings. The lowest BCUT2D eigenvalue weighted by Crippen LogP contribution is -2.27. The van der Waals surface area contributed by atoms with Crippen LogP contribution in [0, 0.1) is 11.8 Å². The van der Waals surface area contributed by atoms with Gasteiger partial charge in [-0.1, -0.05) is 13.8 Å². The Hall–Kier alpha value is -3.20. The fourth-order valence-corrected chi connectivity index (χ4v) is 4.33. The first-order valence-electron chi connectivity index (χ1n) is 10.7. The molecule has 0 aliphatic carbocycles. The minimum atomic E-state index is -0.160. The molecule has 4 heterocycles. The van der Waals surface area contributed by atoms with Crippen LogP contribution in [0.1, 0.15) is 20.8 Å². The maximum atomic E-state index is 11.6. The summed E-state index contributed by atoms with van der Waals surface area (Å²) in [4.78, 5) is 31.0. The van der Waals surface area contributed by atoms with Crippen molar-refractivity contribution in [2.24, 2.45) is 11.8 Å². The molecule has 2 atom stereocenters. The quantitative estimate of drug-likeness (QED) is 0.592. The third kappa shape index (κ3) is 4.05. The van der Waals surface area contributed by atoms with Gasteiger partial charge in [0.25, 0.3) is 0 Å². The molecule has 1 amide bonds. The molecule has 0 saturated carbocycles. The Kier molecular flexibility index (Phi) is 6.03. The molecule has 31 heavy (non-hydrogen) atoms. The fourth-order valence-electron chi connectivity index (χ4n) is 4.33. The number of amides is 1. The Morgan fingerprint density at radius 1 is 1.19 bits per heavy atom. The average Bonchev–Trinajstić information content (AvgIpc) is 3.50. The van der Waals surface area contributed by atoms with Crippen molar-refractivity contribution in [3.8, 4) is 17.0 Å². The lowest BCUT2D eigenvalue weighted by atomic mass is 10.0. The van der Waals surface area contributed by atoms with E-state index < -0.39 is 0 Å². The van der Waals surface area contributed by atoms with Crippen LogP contribution in [0.3, 0.4) is 0 Å². The first-order chi connectivity index (χ1) is 15.1. The number of imidazole rings is 1. The van der Waals surface area contributed by atoms with E-state index in [1.54, 1.807) is 13.4 Å². The molecule has 2 fully saturated rings. The monoisotopic (exact) mass is 423 g/mol. The van der Waals surface area contributed by atoms with Crippen molar-refractivity contribution in [2.75, 3.05) is 43.5 Å². The minimum Gasteiger partial charge on any atom is -0.495 e. The van der Waals surface area contributed by atoms with Gasteiger partial charge in [0.15, 0.2) is 5.65 Å². The van der Waals surface area contributed by atoms with Crippen molar-refractivity contribution < 1.29 is 9.53 Å². The number of aromatic nitrogens is 4. The van der Waals surface area contributed by atoms with Crippen LogP contribution < -0.4 is 20.3 Å². The highest BCUT2D eigenvalue weighted by Crippen LogP contribution is 2.35. The zero-order valence-corrected chi connectivity index (χ0v) is 18.4. The number of nitrogens with one attached hydrogen (secondary N) is 3. The van der Waals surface area contributed by atoms with E-state index in [2.05, 4.69) is 25.5 Å². The van der Waals surface area contributed by atoms with Gasteiger partial charge in [0, 0.05) is 38.7 Å². The molecular formula is C22H29N7O2. The maximum Gasteiger partial charge on any atom is 0.228 e. The molecule has 3 aromatic rings. The number of fused-ring (bicyclic) bond motifs is 2. The molecule has 3 N–H and O–H groups in total. The number of carbonyl (C=O) groups excluding carboxylic acids is 1. The van der Waals surface area contributed by atoms with Crippen LogP contribution >= 0.6 is 0 Å². The number of H-pyrrole nitrogens is 1. The van der Waals surface area contributed by atoms with Gasteiger partial charge in [-0.3, -0.25) is 4.79 Å². The number of aromatic amines is 1. The van der Waals surface area contributed by atoms with Gasteiger partial charge in [-0.2, -0.15) is 4.98 Å². The predicted molar refractivity (Wildman–Crippen MR) is 121 cm³/mol. The zero-order chi connectivity index (χ0) is 22.0. The Balaban J connectivity index is 0.00000112. The van der Waals surface area contributed by atoms with Crippen molar-refractivity contribution in [1.29, 1.82) is 0 Å². The summed E-state index contributed by atoms with van der Waals surface area (Å²) in [6.07, 6.45) is 1.63. The lowest BCUT2D eigenvalue weighted by Gasteiger charge is -2.18. The minimum absolute atomic E-state index is 0.160. The lowest BCUT2D eigenvalue weighted by molar-refractivity contribution is -0.114. The highest BCUT2D eigenvalue weighted by molar-refractivity contribution is 5.94. The molecule has 0 radical (unpaired) electrons. The molecule has 0 spiro atoms. The van der Waals surface area contributed by atoms with E-state index >= 15 is 0 Å². The Morgan fingerprint density at radius 3 is 2.61 bits per heavy atom. The number of hydrogen-bond donors (Lipinski definition) is 3. The fraction of sp³-hybridized carbons (Fsp3) is 0.455. The molecule has 2 aromatic heterocycles. The number of methoxy groups -OCH3 is 1. The first-order valence-corrected chi connectivity index (χ1v) is 10.7. The Morgan fingerprint density at radius 2 is 1.94 bits per heavy atom. The molecule has 9 nitrogen and oxygen atoms in total. The highest BCUT2D eigenvalue weighted by Gasteiger charge is 2.37. The number of nitrogens with zero attached hydrogens (tertiary/aromatic N) is 4. The van der Waals surface area contributed by atoms with Crippen LogP contribution in [0.5, 0.6) is 5.75 Å². The maximum absolute atomic E-state index is 11.6. The topological polar surface area (TPSA) is 108 Å². The summed E-state index contributed by atoms with van der Waals surface area (Å²) in [5.41, 5.74) is 3.62. The van der Waals surface area contributed by atoms with Crippen molar-refractivity contribution >= 4 is 28.7 Å². The summed E-state index contributed by atoms with van der Waals surface area (Å²) in [7, 11) is 1.58. The van der Waals surface area contributed by atoms with Crippen molar-refractivity contribution in [3.05, 3.63) is 24.5 Å². The van der Waals surface area contributed by atoms with Crippen molar-refractivity contribution in [2.45, 2.75) is 20.8 Å². The van der Waals surface area contributed by atoms with Crippen LogP contribution in [-0.4, -0.2) is 59.1 Å². The average molecular weight is 424 g/mol. The number of ether oxygens (including phenoxy) is 1. The SMILES string of the molecule is CC.COc1ccc(-c2nc(N3CC4CNCC4C3)nc3nc[nH]c23)cc1NC(C)=O. The molecule has 2 unspecified atom stereocenters. The first kappa shape index (κ1) is 21.0. The highest BCUT2D eigenvalue weighted by atomic mass is 16.5. The summed E-state index contributed by atoms with van der Waals surface area (Å²) in [5.74, 6) is 2.42. The van der Waals surface area contributed by atoms with Crippen LogP contribution in [0.15, 0.2) is 24.5 Å². The van der Waals surface area contributed by atoms with E-state index in [-0.39, 0.29) is 5.91 Å². The zero-order valence-electron chi connectivity index (χ0n) is 18.4. The van der Waals surface area contributed by atoms with Gasteiger partial charge >= 0.3 is 0 Å². The number of hydrogen-bond acceptors (Lipinski definition) is 7. The van der Waals surface area contributed by atoms with Crippen LogP contribution in [0.2, 0.25) is 0 Å². The molecule has 2 saturated heterocycles. The molecule has 1 aromatic carbocycles. The van der Waals surface area contributed by atoms with Gasteiger partial charge in [0.2, 0.25) is 11.9 Å². The van der Waals surface area contributed by atoms with E-state index in [0.717, 1.165) is 43.0 Å². The largest absolute Gasteiger partial charge is 0.495 e. The predicted octanol–water partition coefficient (Wildman–Crippen LogP) is 2.67. The summed E-state index contributed by atoms with van der Waals surface area (Å²) in [6, 6.07) is 5.63. The number of anilines is 2. The molecule has 9 heteroatoms. The molecule has 0 bridgehead atoms. The Bertz CT molecular complexity index is 1070. The van der Waals surface area contributed by atoms with Crippen LogP contribution in [0.4, 0.5) is 11.6 Å². The normalized spacial score (nSPS) is 19.7. The van der Waals surface area contributed by atoms with Gasteiger partial charge in [0.05, 0.1) is 19.1 Å². The molecule has 2 aliphatic heterocycles. The van der Waals surface area contributed by atoms with Gasteiger partial charge in [0.1, 0.15) is 17.0 Å². The third-order valence-electron chi connectivity index (χ3n) is 5.73. The number of rotatable bonds is 4. The summed E-state index contributed by atoms with van der Waals surface area (Å²) in [5, 5.41) is 6.28. The summed E-state index contributed by atoms with van der Waals surface area (Å²) >= 11 is 0. The second-order valence-electron chi connectivity index (χ2n) is 7.65. The van der Waals surface area contributed by atoms with E-state index in [1.807, 2.05) is 32.0 Å². The van der Waals surface area contributed by atoms with Crippen molar-refractivity contribution in [1.82, 2.24) is 25.3 Å². The van der Waals surface area contributed by atoms with Crippen LogP contribution in [-0.2, 0) is 4.79 Å². The standard InChI is InChI=1S/C20H23N7O2.C2H6/c1-11(28)24-15-5-12(3-4-16(15)29-2)17-18-19(23-10-22-18)26-20(25-17)27-8-13-6-21-7-14(13)9-27;1-2/h3-5,10,13-14,21H,6-9H2,1-2H3,(H,24,28)(H,22,23,25,26);1-2H3. The van der Waals surface area contributed by atoms with E-state index in [1.165, 1.54) is 6.92 Å². The molecular weight excluding hydrogens is 394 g/mol. The summed E-state index contributed by atoms with van der Waals surface area (Å²) in [6.45, 7) is 9.48. The molecule has 164 valence electrons. The van der Waals surface area contributed by atoms with Gasteiger partial charge in [-0.05, 0) is 30.0 Å².